The molecule has 0 fully saturated rings. The van der Waals surface area contributed by atoms with Gasteiger partial charge < -0.3 is 14.2 Å². The average molecular weight is 434 g/mol. The molecule has 0 radical (unpaired) electrons. The summed E-state index contributed by atoms with van der Waals surface area (Å²) in [6.45, 7) is 2.57. The number of aliphatic imine (C=N–C) groups is 1. The molecule has 0 N–H and O–H groups in total. The predicted octanol–water partition coefficient (Wildman–Crippen LogP) is 4.73. The SMILES string of the molecule is CCCOc1c(Br)cc(/C=C2\N=C(c3cccc(F)c3)OC2=O)cc1OC. The molecule has 7 heteroatoms. The first-order valence-corrected chi connectivity index (χ1v) is 9.10. The number of hydrogen-bond donors (Lipinski definition) is 0. The Morgan fingerprint density at radius 3 is 2.81 bits per heavy atom. The van der Waals surface area contributed by atoms with Gasteiger partial charge in [-0.25, -0.2) is 14.2 Å². The molecule has 5 nitrogen and oxygen atoms in total. The highest BCUT2D eigenvalue weighted by Gasteiger charge is 2.24. The third-order valence-electron chi connectivity index (χ3n) is 3.70. The zero-order valence-electron chi connectivity index (χ0n) is 14.8. The Labute approximate surface area is 164 Å². The Hall–Kier alpha value is -2.67. The first-order chi connectivity index (χ1) is 13.0. The van der Waals surface area contributed by atoms with Crippen LogP contribution in [0.2, 0.25) is 0 Å². The summed E-state index contributed by atoms with van der Waals surface area (Å²) in [4.78, 5) is 16.3. The van der Waals surface area contributed by atoms with Gasteiger partial charge in [-0.15, -0.1) is 0 Å². The van der Waals surface area contributed by atoms with Gasteiger partial charge in [-0.1, -0.05) is 13.0 Å². The van der Waals surface area contributed by atoms with E-state index in [2.05, 4.69) is 20.9 Å². The molecule has 2 aromatic rings. The highest BCUT2D eigenvalue weighted by Crippen LogP contribution is 2.37. The smallest absolute Gasteiger partial charge is 0.363 e. The maximum absolute atomic E-state index is 13.4. The number of carbonyl (C=O) groups is 1. The minimum absolute atomic E-state index is 0.0691. The molecule has 0 aromatic heterocycles. The highest BCUT2D eigenvalue weighted by molar-refractivity contribution is 9.10. The van der Waals surface area contributed by atoms with Crippen molar-refractivity contribution in [1.29, 1.82) is 0 Å². The van der Waals surface area contributed by atoms with Gasteiger partial charge in [0.1, 0.15) is 5.82 Å². The summed E-state index contributed by atoms with van der Waals surface area (Å²) in [5, 5.41) is 0. The molecule has 0 atom stereocenters. The van der Waals surface area contributed by atoms with Crippen molar-refractivity contribution >= 4 is 33.9 Å². The summed E-state index contributed by atoms with van der Waals surface area (Å²) in [5.74, 6) is 0.167. The fraction of sp³-hybridized carbons (Fsp3) is 0.200. The van der Waals surface area contributed by atoms with E-state index in [1.54, 1.807) is 31.4 Å². The summed E-state index contributed by atoms with van der Waals surface area (Å²) in [7, 11) is 1.54. The van der Waals surface area contributed by atoms with Gasteiger partial charge in [0.15, 0.2) is 17.2 Å². The van der Waals surface area contributed by atoms with Crippen molar-refractivity contribution in [3.63, 3.8) is 0 Å². The third kappa shape index (κ3) is 4.36. The van der Waals surface area contributed by atoms with Crippen molar-refractivity contribution in [2.24, 2.45) is 4.99 Å². The lowest BCUT2D eigenvalue weighted by molar-refractivity contribution is -0.129. The second kappa shape index (κ2) is 8.35. The van der Waals surface area contributed by atoms with Crippen LogP contribution in [-0.2, 0) is 9.53 Å². The first kappa shape index (κ1) is 19.1. The normalized spacial score (nSPS) is 14.9. The number of rotatable bonds is 6. The van der Waals surface area contributed by atoms with E-state index in [-0.39, 0.29) is 11.6 Å². The van der Waals surface area contributed by atoms with E-state index in [0.29, 0.717) is 33.7 Å². The summed E-state index contributed by atoms with van der Waals surface area (Å²) in [6.07, 6.45) is 2.44. The number of halogens is 2. The Morgan fingerprint density at radius 2 is 2.11 bits per heavy atom. The van der Waals surface area contributed by atoms with Crippen molar-refractivity contribution in [1.82, 2.24) is 0 Å². The highest BCUT2D eigenvalue weighted by atomic mass is 79.9. The van der Waals surface area contributed by atoms with Crippen LogP contribution in [0.1, 0.15) is 24.5 Å². The van der Waals surface area contributed by atoms with Crippen LogP contribution in [0.4, 0.5) is 4.39 Å². The third-order valence-corrected chi connectivity index (χ3v) is 4.29. The number of ether oxygens (including phenoxy) is 3. The maximum atomic E-state index is 13.4. The maximum Gasteiger partial charge on any atom is 0.363 e. The second-order valence-corrected chi connectivity index (χ2v) is 6.58. The van der Waals surface area contributed by atoms with E-state index in [1.807, 2.05) is 6.92 Å². The number of cyclic esters (lactones) is 1. The van der Waals surface area contributed by atoms with Gasteiger partial charge in [-0.05, 0) is 64.3 Å². The molecule has 0 bridgehead atoms. The van der Waals surface area contributed by atoms with Gasteiger partial charge in [-0.3, -0.25) is 0 Å². The Kier molecular flexibility index (Phi) is 5.91. The van der Waals surface area contributed by atoms with E-state index < -0.39 is 11.8 Å². The molecule has 0 unspecified atom stereocenters. The van der Waals surface area contributed by atoms with Gasteiger partial charge in [-0.2, -0.15) is 0 Å². The average Bonchev–Trinajstić information content (AvgIpc) is 3.01. The monoisotopic (exact) mass is 433 g/mol. The van der Waals surface area contributed by atoms with E-state index in [4.69, 9.17) is 14.2 Å². The lowest BCUT2D eigenvalue weighted by Crippen LogP contribution is -2.05. The Bertz CT molecular complexity index is 940. The first-order valence-electron chi connectivity index (χ1n) is 8.30. The van der Waals surface area contributed by atoms with Crippen LogP contribution < -0.4 is 9.47 Å². The molecule has 27 heavy (non-hydrogen) atoms. The fourth-order valence-corrected chi connectivity index (χ4v) is 3.05. The van der Waals surface area contributed by atoms with E-state index >= 15 is 0 Å². The van der Waals surface area contributed by atoms with Gasteiger partial charge in [0.2, 0.25) is 5.90 Å². The summed E-state index contributed by atoms with van der Waals surface area (Å²) in [5.41, 5.74) is 1.19. The Morgan fingerprint density at radius 1 is 1.30 bits per heavy atom. The van der Waals surface area contributed by atoms with Crippen molar-refractivity contribution in [2.75, 3.05) is 13.7 Å². The van der Waals surface area contributed by atoms with Crippen LogP contribution in [0.5, 0.6) is 11.5 Å². The molecule has 2 aromatic carbocycles. The number of carbonyl (C=O) groups excluding carboxylic acids is 1. The number of methoxy groups -OCH3 is 1. The van der Waals surface area contributed by atoms with Crippen molar-refractivity contribution in [3.8, 4) is 11.5 Å². The van der Waals surface area contributed by atoms with Crippen LogP contribution >= 0.6 is 15.9 Å². The zero-order valence-corrected chi connectivity index (χ0v) is 16.4. The van der Waals surface area contributed by atoms with Crippen molar-refractivity contribution in [2.45, 2.75) is 13.3 Å². The lowest BCUT2D eigenvalue weighted by atomic mass is 10.1. The topological polar surface area (TPSA) is 57.1 Å². The second-order valence-electron chi connectivity index (χ2n) is 5.73. The largest absolute Gasteiger partial charge is 0.493 e. The molecule has 0 amide bonds. The quantitative estimate of drug-likeness (QED) is 0.487. The molecule has 0 saturated carbocycles. The summed E-state index contributed by atoms with van der Waals surface area (Å²) < 4.78 is 30.3. The van der Waals surface area contributed by atoms with Crippen LogP contribution in [0.25, 0.3) is 6.08 Å². The molecule has 0 aliphatic carbocycles. The van der Waals surface area contributed by atoms with E-state index in [1.165, 1.54) is 18.2 Å². The number of benzene rings is 2. The molecular weight excluding hydrogens is 417 g/mol. The molecule has 0 spiro atoms. The lowest BCUT2D eigenvalue weighted by Gasteiger charge is -2.13. The molecule has 140 valence electrons. The van der Waals surface area contributed by atoms with Crippen molar-refractivity contribution in [3.05, 3.63) is 63.5 Å². The minimum atomic E-state index is -0.601. The fourth-order valence-electron chi connectivity index (χ4n) is 2.48. The van der Waals surface area contributed by atoms with Gasteiger partial charge in [0.25, 0.3) is 0 Å². The molecular formula is C20H17BrFNO4. The summed E-state index contributed by atoms with van der Waals surface area (Å²) in [6, 6.07) is 9.25. The molecule has 1 aliphatic rings. The number of esters is 1. The standard InChI is InChI=1S/C20H17BrFNO4/c1-3-7-26-18-15(21)8-12(10-17(18)25-2)9-16-20(24)27-19(23-16)13-5-4-6-14(22)11-13/h4-6,8-11H,3,7H2,1-2H3/b16-9-. The Balaban J connectivity index is 1.94. The van der Waals surface area contributed by atoms with Crippen LogP contribution in [0, 0.1) is 5.82 Å². The number of hydrogen-bond acceptors (Lipinski definition) is 5. The van der Waals surface area contributed by atoms with E-state index in [0.717, 1.165) is 6.42 Å². The minimum Gasteiger partial charge on any atom is -0.493 e. The van der Waals surface area contributed by atoms with Gasteiger partial charge in [0.05, 0.1) is 18.2 Å². The van der Waals surface area contributed by atoms with Gasteiger partial charge in [0, 0.05) is 5.56 Å². The predicted molar refractivity (Wildman–Crippen MR) is 103 cm³/mol. The van der Waals surface area contributed by atoms with Crippen LogP contribution in [0.3, 0.4) is 0 Å². The molecule has 1 heterocycles. The molecule has 0 saturated heterocycles. The summed E-state index contributed by atoms with van der Waals surface area (Å²) >= 11 is 3.46. The van der Waals surface area contributed by atoms with E-state index in [9.17, 15) is 9.18 Å². The molecule has 3 rings (SSSR count). The van der Waals surface area contributed by atoms with Crippen LogP contribution in [0.15, 0.2) is 51.6 Å². The van der Waals surface area contributed by atoms with Crippen molar-refractivity contribution < 1.29 is 23.4 Å². The van der Waals surface area contributed by atoms with Crippen LogP contribution in [-0.4, -0.2) is 25.6 Å². The number of nitrogens with zero attached hydrogens (tertiary/aromatic N) is 1. The van der Waals surface area contributed by atoms with Gasteiger partial charge >= 0.3 is 5.97 Å². The molecule has 1 aliphatic heterocycles. The zero-order chi connectivity index (χ0) is 19.4.